The number of rotatable bonds is 5. The first-order chi connectivity index (χ1) is 12.3. The number of ether oxygens (including phenoxy) is 1. The van der Waals surface area contributed by atoms with Crippen molar-refractivity contribution in [1.29, 1.82) is 0 Å². The van der Waals surface area contributed by atoms with E-state index < -0.39 is 0 Å². The van der Waals surface area contributed by atoms with Crippen LogP contribution >= 0.6 is 0 Å². The van der Waals surface area contributed by atoms with Crippen LogP contribution in [0.25, 0.3) is 0 Å². The number of hydrogen-bond donors (Lipinski definition) is 0. The van der Waals surface area contributed by atoms with Crippen molar-refractivity contribution >= 4 is 5.91 Å². The van der Waals surface area contributed by atoms with Crippen molar-refractivity contribution in [2.24, 2.45) is 5.92 Å². The molecule has 0 N–H and O–H groups in total. The Labute approximate surface area is 148 Å². The Morgan fingerprint density at radius 3 is 2.96 bits per heavy atom. The first kappa shape index (κ1) is 16.2. The Hall–Kier alpha value is -2.30. The molecule has 1 saturated heterocycles. The first-order valence-electron chi connectivity index (χ1n) is 9.18. The van der Waals surface area contributed by atoms with Gasteiger partial charge in [-0.3, -0.25) is 9.48 Å². The number of para-hydroxylation sites is 1. The Morgan fingerprint density at radius 2 is 2.16 bits per heavy atom. The van der Waals surface area contributed by atoms with Gasteiger partial charge in [-0.2, -0.15) is 5.10 Å². The van der Waals surface area contributed by atoms with Gasteiger partial charge in [0.15, 0.2) is 0 Å². The maximum atomic E-state index is 13.1. The van der Waals surface area contributed by atoms with Crippen molar-refractivity contribution in [2.75, 3.05) is 13.7 Å². The normalized spacial score (nSPS) is 25.6. The summed E-state index contributed by atoms with van der Waals surface area (Å²) in [5, 5.41) is 4.31. The smallest absolute Gasteiger partial charge is 0.226 e. The van der Waals surface area contributed by atoms with Gasteiger partial charge in [-0.05, 0) is 49.3 Å². The first-order valence-corrected chi connectivity index (χ1v) is 9.18. The quantitative estimate of drug-likeness (QED) is 0.841. The lowest BCUT2D eigenvalue weighted by Gasteiger charge is -2.36. The Balaban J connectivity index is 1.46. The van der Waals surface area contributed by atoms with E-state index in [0.29, 0.717) is 11.8 Å². The van der Waals surface area contributed by atoms with Crippen LogP contribution in [0.1, 0.15) is 37.2 Å². The average molecular weight is 339 g/mol. The highest BCUT2D eigenvalue weighted by atomic mass is 16.5. The molecule has 3 atom stereocenters. The molecule has 5 heteroatoms. The van der Waals surface area contributed by atoms with Gasteiger partial charge in [0.05, 0.1) is 19.7 Å². The zero-order chi connectivity index (χ0) is 17.2. The number of nitrogens with zero attached hydrogens (tertiary/aromatic N) is 3. The van der Waals surface area contributed by atoms with Crippen LogP contribution in [0.2, 0.25) is 0 Å². The maximum Gasteiger partial charge on any atom is 0.226 e. The zero-order valence-electron chi connectivity index (χ0n) is 14.7. The fourth-order valence-electron chi connectivity index (χ4n) is 4.10. The van der Waals surface area contributed by atoms with E-state index in [0.717, 1.165) is 38.1 Å². The summed E-state index contributed by atoms with van der Waals surface area (Å²) in [6.07, 6.45) is 8.07. The van der Waals surface area contributed by atoms with Crippen molar-refractivity contribution in [3.63, 3.8) is 0 Å². The molecule has 0 spiro atoms. The second-order valence-corrected chi connectivity index (χ2v) is 7.10. The molecule has 4 rings (SSSR count). The molecule has 1 aliphatic carbocycles. The van der Waals surface area contributed by atoms with E-state index >= 15 is 0 Å². The van der Waals surface area contributed by atoms with Crippen LogP contribution in [-0.4, -0.2) is 40.3 Å². The topological polar surface area (TPSA) is 47.4 Å². The van der Waals surface area contributed by atoms with E-state index in [1.165, 1.54) is 12.0 Å². The van der Waals surface area contributed by atoms with E-state index in [1.807, 2.05) is 35.1 Å². The molecule has 2 fully saturated rings. The van der Waals surface area contributed by atoms with Crippen LogP contribution in [0.15, 0.2) is 42.7 Å². The van der Waals surface area contributed by atoms with Crippen molar-refractivity contribution in [1.82, 2.24) is 14.7 Å². The maximum absolute atomic E-state index is 13.1. The summed E-state index contributed by atoms with van der Waals surface area (Å²) in [6.45, 7) is 1.67. The van der Waals surface area contributed by atoms with E-state index in [1.54, 1.807) is 13.3 Å². The van der Waals surface area contributed by atoms with Gasteiger partial charge < -0.3 is 9.64 Å². The van der Waals surface area contributed by atoms with Crippen LogP contribution < -0.4 is 4.74 Å². The van der Waals surface area contributed by atoms with Crippen LogP contribution in [0.3, 0.4) is 0 Å². The highest BCUT2D eigenvalue weighted by molar-refractivity contribution is 5.83. The van der Waals surface area contributed by atoms with Crippen molar-refractivity contribution < 1.29 is 9.53 Å². The van der Waals surface area contributed by atoms with Crippen molar-refractivity contribution in [3.05, 3.63) is 48.3 Å². The van der Waals surface area contributed by atoms with E-state index in [4.69, 9.17) is 4.74 Å². The minimum atomic E-state index is 0.106. The lowest BCUT2D eigenvalue weighted by Crippen LogP contribution is -2.46. The molecule has 1 aromatic heterocycles. The van der Waals surface area contributed by atoms with E-state index in [9.17, 15) is 4.79 Å². The number of carbonyl (C=O) groups is 1. The average Bonchev–Trinajstić information content (AvgIpc) is 3.29. The summed E-state index contributed by atoms with van der Waals surface area (Å²) in [4.78, 5) is 15.3. The predicted molar refractivity (Wildman–Crippen MR) is 95.4 cm³/mol. The van der Waals surface area contributed by atoms with Gasteiger partial charge in [0.1, 0.15) is 5.75 Å². The fraction of sp³-hybridized carbons (Fsp3) is 0.500. The lowest BCUT2D eigenvalue weighted by atomic mass is 10.0. The molecular formula is C20H25N3O2. The number of methoxy groups -OCH3 is 1. The minimum Gasteiger partial charge on any atom is -0.496 e. The third-order valence-corrected chi connectivity index (χ3v) is 5.51. The van der Waals surface area contributed by atoms with Crippen LogP contribution in [0.4, 0.5) is 0 Å². The van der Waals surface area contributed by atoms with Crippen LogP contribution in [0, 0.1) is 5.92 Å². The van der Waals surface area contributed by atoms with E-state index in [2.05, 4.69) is 16.1 Å². The Morgan fingerprint density at radius 1 is 1.28 bits per heavy atom. The lowest BCUT2D eigenvalue weighted by molar-refractivity contribution is -0.136. The molecule has 5 nitrogen and oxygen atoms in total. The molecule has 1 aliphatic heterocycles. The molecule has 1 saturated carbocycles. The molecule has 0 unspecified atom stereocenters. The number of amides is 1. The molecule has 2 heterocycles. The highest BCUT2D eigenvalue weighted by Gasteiger charge is 2.48. The molecule has 132 valence electrons. The summed E-state index contributed by atoms with van der Waals surface area (Å²) in [7, 11) is 1.70. The standard InChI is InChI=1S/C20H25N3O2/c1-25-19-9-3-2-8-16(19)17-13-18(17)20(24)23-12-5-4-7-15(23)14-22-11-6-10-21-22/h2-3,6,8-11,15,17-18H,4-5,7,12-14H2,1H3/t15-,17+,18+/m1/s1. The zero-order valence-corrected chi connectivity index (χ0v) is 14.7. The fourth-order valence-corrected chi connectivity index (χ4v) is 4.10. The molecule has 2 aliphatic rings. The third-order valence-electron chi connectivity index (χ3n) is 5.51. The summed E-state index contributed by atoms with van der Waals surface area (Å²) >= 11 is 0. The van der Waals surface area contributed by atoms with Gasteiger partial charge in [-0.1, -0.05) is 18.2 Å². The molecule has 0 bridgehead atoms. The van der Waals surface area contributed by atoms with Gasteiger partial charge in [0.2, 0.25) is 5.91 Å². The largest absolute Gasteiger partial charge is 0.496 e. The van der Waals surface area contributed by atoms with Gasteiger partial charge in [-0.15, -0.1) is 0 Å². The molecular weight excluding hydrogens is 314 g/mol. The van der Waals surface area contributed by atoms with Gasteiger partial charge in [0.25, 0.3) is 0 Å². The van der Waals surface area contributed by atoms with Crippen LogP contribution in [0.5, 0.6) is 5.75 Å². The second kappa shape index (κ2) is 6.90. The Bertz CT molecular complexity index is 728. The number of piperidine rings is 1. The summed E-state index contributed by atoms with van der Waals surface area (Å²) < 4.78 is 7.42. The molecule has 1 amide bonds. The number of likely N-dealkylation sites (tertiary alicyclic amines) is 1. The predicted octanol–water partition coefficient (Wildman–Crippen LogP) is 3.08. The van der Waals surface area contributed by atoms with Gasteiger partial charge in [-0.25, -0.2) is 0 Å². The molecule has 1 aromatic carbocycles. The summed E-state index contributed by atoms with van der Waals surface area (Å²) in [6, 6.07) is 10.3. The molecule has 0 radical (unpaired) electrons. The third kappa shape index (κ3) is 3.28. The second-order valence-electron chi connectivity index (χ2n) is 7.10. The van der Waals surface area contributed by atoms with Crippen LogP contribution in [-0.2, 0) is 11.3 Å². The van der Waals surface area contributed by atoms with E-state index in [-0.39, 0.29) is 12.0 Å². The monoisotopic (exact) mass is 339 g/mol. The summed E-state index contributed by atoms with van der Waals surface area (Å²) in [5.74, 6) is 1.62. The molecule has 2 aromatic rings. The number of hydrogen-bond acceptors (Lipinski definition) is 3. The van der Waals surface area contributed by atoms with Gasteiger partial charge in [0, 0.05) is 24.9 Å². The SMILES string of the molecule is COc1ccccc1[C@@H]1C[C@@H]1C(=O)N1CCCC[C@@H]1Cn1cccn1. The minimum absolute atomic E-state index is 0.106. The summed E-state index contributed by atoms with van der Waals surface area (Å²) in [5.41, 5.74) is 1.17. The highest BCUT2D eigenvalue weighted by Crippen LogP contribution is 2.51. The van der Waals surface area contributed by atoms with Gasteiger partial charge >= 0.3 is 0 Å². The Kier molecular flexibility index (Phi) is 4.47. The number of benzene rings is 1. The number of carbonyl (C=O) groups excluding carboxylic acids is 1. The molecule has 25 heavy (non-hydrogen) atoms. The van der Waals surface area contributed by atoms with Crippen molar-refractivity contribution in [2.45, 2.75) is 44.2 Å². The van der Waals surface area contributed by atoms with Crippen molar-refractivity contribution in [3.8, 4) is 5.75 Å². The number of aromatic nitrogens is 2.